The van der Waals surface area contributed by atoms with E-state index in [0.29, 0.717) is 39.3 Å². The van der Waals surface area contributed by atoms with E-state index >= 15 is 0 Å². The molecule has 0 spiro atoms. The van der Waals surface area contributed by atoms with Gasteiger partial charge in [-0.25, -0.2) is 9.97 Å². The normalized spacial score (nSPS) is 13.0. The standard InChI is InChI=1S/C23H19ClN6O2S/c24-16-5-3-15(4-6-16)21(31)29-23(33)28-17-7-9-18(10-8-17)32-22-19-20(25-12-26-22)30(13-27-19)11-14-1-2-14/h3-10,12-14H,1-2,11H2,(H2,28,29,31,33). The van der Waals surface area contributed by atoms with Gasteiger partial charge in [-0.05, 0) is 79.5 Å². The molecule has 1 aliphatic carbocycles. The number of anilines is 1. The number of rotatable bonds is 6. The van der Waals surface area contributed by atoms with E-state index in [2.05, 4.69) is 25.6 Å². The Morgan fingerprint density at radius 3 is 2.58 bits per heavy atom. The summed E-state index contributed by atoms with van der Waals surface area (Å²) in [7, 11) is 0. The van der Waals surface area contributed by atoms with E-state index in [-0.39, 0.29) is 11.0 Å². The van der Waals surface area contributed by atoms with Crippen molar-refractivity contribution in [2.45, 2.75) is 19.4 Å². The zero-order valence-corrected chi connectivity index (χ0v) is 18.9. The van der Waals surface area contributed by atoms with Crippen LogP contribution in [0.25, 0.3) is 11.2 Å². The fourth-order valence-electron chi connectivity index (χ4n) is 3.30. The van der Waals surface area contributed by atoms with Gasteiger partial charge in [-0.1, -0.05) is 11.6 Å². The molecule has 2 heterocycles. The number of ether oxygens (including phenoxy) is 1. The minimum absolute atomic E-state index is 0.183. The Morgan fingerprint density at radius 2 is 1.85 bits per heavy atom. The van der Waals surface area contributed by atoms with Crippen molar-refractivity contribution in [3.8, 4) is 11.6 Å². The summed E-state index contributed by atoms with van der Waals surface area (Å²) in [4.78, 5) is 25.3. The van der Waals surface area contributed by atoms with E-state index in [4.69, 9.17) is 28.6 Å². The first kappa shape index (κ1) is 21.3. The van der Waals surface area contributed by atoms with Crippen molar-refractivity contribution in [1.29, 1.82) is 0 Å². The zero-order chi connectivity index (χ0) is 22.8. The number of imidazole rings is 1. The van der Waals surface area contributed by atoms with Gasteiger partial charge in [0.15, 0.2) is 16.3 Å². The monoisotopic (exact) mass is 478 g/mol. The maximum Gasteiger partial charge on any atom is 0.257 e. The highest BCUT2D eigenvalue weighted by Gasteiger charge is 2.23. The molecular weight excluding hydrogens is 460 g/mol. The van der Waals surface area contributed by atoms with Crippen LogP contribution in [0.5, 0.6) is 11.6 Å². The third-order valence-electron chi connectivity index (χ3n) is 5.18. The highest BCUT2D eigenvalue weighted by atomic mass is 35.5. The highest BCUT2D eigenvalue weighted by molar-refractivity contribution is 7.80. The Kier molecular flexibility index (Phi) is 5.89. The van der Waals surface area contributed by atoms with E-state index in [1.165, 1.54) is 19.2 Å². The molecule has 0 saturated heterocycles. The Hall–Kier alpha value is -3.56. The lowest BCUT2D eigenvalue weighted by Crippen LogP contribution is -2.34. The zero-order valence-electron chi connectivity index (χ0n) is 17.4. The largest absolute Gasteiger partial charge is 0.437 e. The van der Waals surface area contributed by atoms with Crippen LogP contribution in [0, 0.1) is 5.92 Å². The van der Waals surface area contributed by atoms with Gasteiger partial charge in [0.25, 0.3) is 11.8 Å². The van der Waals surface area contributed by atoms with Crippen LogP contribution in [0.15, 0.2) is 61.2 Å². The number of hydrogen-bond acceptors (Lipinski definition) is 6. The molecule has 4 aromatic rings. The lowest BCUT2D eigenvalue weighted by atomic mass is 10.2. The van der Waals surface area contributed by atoms with Gasteiger partial charge in [0.05, 0.1) is 6.33 Å². The average Bonchev–Trinajstić information content (AvgIpc) is 3.53. The summed E-state index contributed by atoms with van der Waals surface area (Å²) in [5.74, 6) is 1.39. The van der Waals surface area contributed by atoms with Crippen LogP contribution in [0.2, 0.25) is 5.02 Å². The SMILES string of the molecule is O=C(NC(=S)Nc1ccc(Oc2ncnc3c2ncn3CC2CC2)cc1)c1ccc(Cl)cc1. The number of fused-ring (bicyclic) bond motifs is 1. The van der Waals surface area contributed by atoms with Gasteiger partial charge < -0.3 is 14.6 Å². The Bertz CT molecular complexity index is 1320. The summed E-state index contributed by atoms with van der Waals surface area (Å²) in [6.07, 6.45) is 5.78. The van der Waals surface area contributed by atoms with Gasteiger partial charge in [-0.2, -0.15) is 4.98 Å². The number of carbonyl (C=O) groups is 1. The second kappa shape index (κ2) is 9.13. The van der Waals surface area contributed by atoms with Gasteiger partial charge in [0.1, 0.15) is 12.1 Å². The molecule has 1 fully saturated rings. The van der Waals surface area contributed by atoms with Gasteiger partial charge in [-0.3, -0.25) is 10.1 Å². The van der Waals surface area contributed by atoms with Crippen molar-refractivity contribution in [3.05, 3.63) is 71.8 Å². The molecule has 5 rings (SSSR count). The molecule has 0 bridgehead atoms. The van der Waals surface area contributed by atoms with Crippen molar-refractivity contribution in [2.75, 3.05) is 5.32 Å². The van der Waals surface area contributed by atoms with Crippen molar-refractivity contribution in [1.82, 2.24) is 24.8 Å². The number of hydrogen-bond donors (Lipinski definition) is 2. The summed E-state index contributed by atoms with van der Waals surface area (Å²) in [6.45, 7) is 0.918. The molecule has 2 aromatic carbocycles. The van der Waals surface area contributed by atoms with Gasteiger partial charge in [-0.15, -0.1) is 0 Å². The summed E-state index contributed by atoms with van der Waals surface area (Å²) < 4.78 is 8.00. The third-order valence-corrected chi connectivity index (χ3v) is 5.64. The van der Waals surface area contributed by atoms with Crippen LogP contribution in [-0.4, -0.2) is 30.5 Å². The third kappa shape index (κ3) is 5.10. The second-order valence-corrected chi connectivity index (χ2v) is 8.58. The molecule has 0 radical (unpaired) electrons. The van der Waals surface area contributed by atoms with Gasteiger partial charge in [0, 0.05) is 22.8 Å². The Labute approximate surface area is 200 Å². The average molecular weight is 479 g/mol. The summed E-state index contributed by atoms with van der Waals surface area (Å²) in [6, 6.07) is 13.7. The molecule has 0 aliphatic heterocycles. The number of benzene rings is 2. The minimum Gasteiger partial charge on any atom is -0.437 e. The molecule has 8 nitrogen and oxygen atoms in total. The Balaban J connectivity index is 1.22. The molecule has 0 atom stereocenters. The van der Waals surface area contributed by atoms with E-state index in [1.54, 1.807) is 54.9 Å². The first-order chi connectivity index (χ1) is 16.0. The highest BCUT2D eigenvalue weighted by Crippen LogP contribution is 2.32. The molecular formula is C23H19ClN6O2S. The van der Waals surface area contributed by atoms with E-state index in [1.807, 2.05) is 4.57 Å². The van der Waals surface area contributed by atoms with Crippen molar-refractivity contribution < 1.29 is 9.53 Å². The molecule has 166 valence electrons. The van der Waals surface area contributed by atoms with Crippen LogP contribution < -0.4 is 15.4 Å². The minimum atomic E-state index is -0.321. The maximum atomic E-state index is 12.3. The predicted molar refractivity (Wildman–Crippen MR) is 130 cm³/mol. The van der Waals surface area contributed by atoms with Crippen LogP contribution in [0.1, 0.15) is 23.2 Å². The molecule has 0 unspecified atom stereocenters. The number of nitrogens with zero attached hydrogens (tertiary/aromatic N) is 4. The molecule has 33 heavy (non-hydrogen) atoms. The van der Waals surface area contributed by atoms with Gasteiger partial charge >= 0.3 is 0 Å². The van der Waals surface area contributed by atoms with Crippen molar-refractivity contribution in [3.63, 3.8) is 0 Å². The predicted octanol–water partition coefficient (Wildman–Crippen LogP) is 4.81. The topological polar surface area (TPSA) is 94.0 Å². The number of halogens is 1. The molecule has 2 N–H and O–H groups in total. The quantitative estimate of drug-likeness (QED) is 0.384. The Morgan fingerprint density at radius 1 is 1.09 bits per heavy atom. The van der Waals surface area contributed by atoms with E-state index in [9.17, 15) is 4.79 Å². The molecule has 1 saturated carbocycles. The van der Waals surface area contributed by atoms with Crippen LogP contribution in [-0.2, 0) is 6.54 Å². The summed E-state index contributed by atoms with van der Waals surface area (Å²) >= 11 is 11.1. The van der Waals surface area contributed by atoms with Crippen LogP contribution in [0.3, 0.4) is 0 Å². The molecule has 1 aliphatic rings. The molecule has 10 heteroatoms. The molecule has 1 amide bonds. The summed E-state index contributed by atoms with van der Waals surface area (Å²) in [5, 5.41) is 6.36. The number of carbonyl (C=O) groups excluding carboxylic acids is 1. The first-order valence-electron chi connectivity index (χ1n) is 10.4. The van der Waals surface area contributed by atoms with Crippen LogP contribution in [0.4, 0.5) is 5.69 Å². The van der Waals surface area contributed by atoms with E-state index in [0.717, 1.165) is 12.2 Å². The van der Waals surface area contributed by atoms with Crippen molar-refractivity contribution in [2.24, 2.45) is 5.92 Å². The number of aromatic nitrogens is 4. The van der Waals surface area contributed by atoms with Crippen LogP contribution >= 0.6 is 23.8 Å². The van der Waals surface area contributed by atoms with Gasteiger partial charge in [0.2, 0.25) is 0 Å². The van der Waals surface area contributed by atoms with E-state index < -0.39 is 0 Å². The summed E-state index contributed by atoms with van der Waals surface area (Å²) in [5.41, 5.74) is 2.56. The molecule has 2 aromatic heterocycles. The lowest BCUT2D eigenvalue weighted by Gasteiger charge is -2.11. The lowest BCUT2D eigenvalue weighted by molar-refractivity contribution is 0.0977. The smallest absolute Gasteiger partial charge is 0.257 e. The maximum absolute atomic E-state index is 12.3. The number of amides is 1. The first-order valence-corrected chi connectivity index (χ1v) is 11.2. The fourth-order valence-corrected chi connectivity index (χ4v) is 3.64. The second-order valence-electron chi connectivity index (χ2n) is 7.73. The number of thiocarbonyl (C=S) groups is 1. The van der Waals surface area contributed by atoms with Crippen molar-refractivity contribution >= 4 is 51.7 Å². The number of nitrogens with one attached hydrogen (secondary N) is 2. The fraction of sp³-hybridized carbons (Fsp3) is 0.174.